The first-order valence-electron chi connectivity index (χ1n) is 16.5. The Hall–Kier alpha value is -3.39. The Bertz CT molecular complexity index is 1740. The maximum atomic E-state index is 15.4. The minimum Gasteiger partial charge on any atom is -0.324 e. The summed E-state index contributed by atoms with van der Waals surface area (Å²) in [5.74, 6) is -4.02. The average Bonchev–Trinajstić information content (AvgIpc) is 3.45. The van der Waals surface area contributed by atoms with Gasteiger partial charge in [0.05, 0.1) is 23.6 Å². The third kappa shape index (κ3) is 7.15. The maximum Gasteiger partial charge on any atom is 0.282 e. The summed E-state index contributed by atoms with van der Waals surface area (Å²) in [6.07, 6.45) is 5.28. The van der Waals surface area contributed by atoms with Crippen molar-refractivity contribution in [3.8, 4) is 0 Å². The van der Waals surface area contributed by atoms with Gasteiger partial charge in [-0.05, 0) is 79.3 Å². The molecule has 8 nitrogen and oxygen atoms in total. The molecule has 6 rings (SSSR count). The highest BCUT2D eigenvalue weighted by atomic mass is 32.2. The number of halogens is 4. The summed E-state index contributed by atoms with van der Waals surface area (Å²) in [4.78, 5) is 17.4. The molecule has 1 unspecified atom stereocenters. The zero-order chi connectivity index (χ0) is 34.2. The van der Waals surface area contributed by atoms with Gasteiger partial charge < -0.3 is 10.6 Å². The summed E-state index contributed by atoms with van der Waals surface area (Å²) in [5, 5.41) is 6.08. The van der Waals surface area contributed by atoms with Crippen LogP contribution in [0.3, 0.4) is 0 Å². The lowest BCUT2D eigenvalue weighted by molar-refractivity contribution is -0.116. The quantitative estimate of drug-likeness (QED) is 0.250. The van der Waals surface area contributed by atoms with Crippen molar-refractivity contribution < 1.29 is 30.8 Å². The van der Waals surface area contributed by atoms with Crippen molar-refractivity contribution in [2.45, 2.75) is 69.9 Å². The SMILES string of the molecule is CC(C)CC1CCCN1S(=O)(=O)N1CCNC[C@]12C[C@H]2Cc1c(F)cncc1NC(=O)C[C@@H](c1ccc(F)cc1)c1cc(F)cc(F)c1. The van der Waals surface area contributed by atoms with Crippen LogP contribution in [-0.4, -0.2) is 65.7 Å². The molecule has 1 aliphatic carbocycles. The van der Waals surface area contributed by atoms with Gasteiger partial charge in [-0.1, -0.05) is 26.0 Å². The molecule has 1 amide bonds. The zero-order valence-corrected chi connectivity index (χ0v) is 27.9. The number of aromatic nitrogens is 1. The molecule has 2 aliphatic heterocycles. The van der Waals surface area contributed by atoms with E-state index < -0.39 is 50.8 Å². The van der Waals surface area contributed by atoms with Crippen LogP contribution < -0.4 is 10.6 Å². The van der Waals surface area contributed by atoms with Crippen molar-refractivity contribution in [2.75, 3.05) is 31.5 Å². The van der Waals surface area contributed by atoms with E-state index in [4.69, 9.17) is 0 Å². The number of nitrogens with zero attached hydrogens (tertiary/aromatic N) is 3. The lowest BCUT2D eigenvalue weighted by Gasteiger charge is -2.40. The largest absolute Gasteiger partial charge is 0.324 e. The van der Waals surface area contributed by atoms with Crippen molar-refractivity contribution >= 4 is 21.8 Å². The van der Waals surface area contributed by atoms with Gasteiger partial charge in [0.15, 0.2) is 0 Å². The molecule has 258 valence electrons. The minimum absolute atomic E-state index is 0.0406. The molecular weight excluding hydrogens is 646 g/mol. The third-order valence-electron chi connectivity index (χ3n) is 9.94. The first kappa shape index (κ1) is 34.5. The molecule has 0 radical (unpaired) electrons. The number of anilines is 1. The number of piperazine rings is 1. The molecule has 3 fully saturated rings. The summed E-state index contributed by atoms with van der Waals surface area (Å²) < 4.78 is 89.0. The van der Waals surface area contributed by atoms with Gasteiger partial charge in [-0.15, -0.1) is 0 Å². The predicted octanol–water partition coefficient (Wildman–Crippen LogP) is 5.76. The van der Waals surface area contributed by atoms with Crippen LogP contribution in [0.5, 0.6) is 0 Å². The van der Waals surface area contributed by atoms with Gasteiger partial charge in [0, 0.05) is 56.2 Å². The van der Waals surface area contributed by atoms with Gasteiger partial charge in [0.2, 0.25) is 5.91 Å². The Kier molecular flexibility index (Phi) is 9.95. The smallest absolute Gasteiger partial charge is 0.282 e. The summed E-state index contributed by atoms with van der Waals surface area (Å²) in [6.45, 7) is 5.95. The molecule has 2 aromatic carbocycles. The standard InChI is InChI=1S/C35H41F4N5O3S/c1-22(2)12-29-4-3-10-43(29)48(46,47)44-11-9-40-21-35(44)18-25(35)15-31-32(39)19-41-20-33(31)42-34(45)17-30(23-5-7-26(36)8-6-23)24-13-27(37)16-28(38)14-24/h5-8,13-14,16,19-20,22,25,29-30,40H,3-4,9-12,15,17-18,21H2,1-2H3,(H,42,45)/t25-,29?,30+,35+/m1/s1. The fraction of sp³-hybridized carbons (Fsp3) is 0.486. The van der Waals surface area contributed by atoms with E-state index in [-0.39, 0.29) is 41.6 Å². The van der Waals surface area contributed by atoms with Gasteiger partial charge in [-0.3, -0.25) is 9.78 Å². The lowest BCUT2D eigenvalue weighted by Crippen LogP contribution is -2.60. The van der Waals surface area contributed by atoms with E-state index in [9.17, 15) is 26.4 Å². The normalized spacial score (nSPS) is 23.9. The fourth-order valence-corrected chi connectivity index (χ4v) is 9.87. The number of carbonyl (C=O) groups is 1. The van der Waals surface area contributed by atoms with Gasteiger partial charge in [-0.25, -0.2) is 17.6 Å². The minimum atomic E-state index is -3.77. The number of nitrogens with one attached hydrogen (secondary N) is 2. The zero-order valence-electron chi connectivity index (χ0n) is 27.1. The van der Waals surface area contributed by atoms with E-state index in [1.807, 2.05) is 0 Å². The molecule has 3 aromatic rings. The highest BCUT2D eigenvalue weighted by Crippen LogP contribution is 2.53. The van der Waals surface area contributed by atoms with Crippen LogP contribution in [0.1, 0.15) is 68.6 Å². The highest BCUT2D eigenvalue weighted by molar-refractivity contribution is 7.86. The van der Waals surface area contributed by atoms with Gasteiger partial charge in [-0.2, -0.15) is 17.0 Å². The number of amides is 1. The van der Waals surface area contributed by atoms with Crippen molar-refractivity contribution in [1.29, 1.82) is 0 Å². The molecule has 1 saturated carbocycles. The Morgan fingerprint density at radius 2 is 1.75 bits per heavy atom. The fourth-order valence-electron chi connectivity index (χ4n) is 7.62. The Morgan fingerprint density at radius 1 is 1.02 bits per heavy atom. The number of carbonyl (C=O) groups excluding carboxylic acids is 1. The molecule has 3 aliphatic rings. The van der Waals surface area contributed by atoms with Crippen molar-refractivity contribution in [2.24, 2.45) is 11.8 Å². The maximum absolute atomic E-state index is 15.4. The number of pyridine rings is 1. The van der Waals surface area contributed by atoms with Crippen molar-refractivity contribution in [3.05, 3.63) is 94.8 Å². The summed E-state index contributed by atoms with van der Waals surface area (Å²) in [6, 6.07) is 8.23. The van der Waals surface area contributed by atoms with E-state index in [0.29, 0.717) is 44.1 Å². The van der Waals surface area contributed by atoms with Gasteiger partial charge >= 0.3 is 0 Å². The number of benzene rings is 2. The third-order valence-corrected chi connectivity index (χ3v) is 12.1. The first-order chi connectivity index (χ1) is 22.9. The van der Waals surface area contributed by atoms with Crippen LogP contribution >= 0.6 is 0 Å². The summed E-state index contributed by atoms with van der Waals surface area (Å²) in [5.41, 5.74) is 0.284. The van der Waals surface area contributed by atoms with Crippen molar-refractivity contribution in [3.63, 3.8) is 0 Å². The number of hydrogen-bond acceptors (Lipinski definition) is 5. The van der Waals surface area contributed by atoms with E-state index in [1.54, 1.807) is 8.61 Å². The second kappa shape index (κ2) is 13.9. The van der Waals surface area contributed by atoms with Crippen LogP contribution in [0.15, 0.2) is 54.9 Å². The van der Waals surface area contributed by atoms with Crippen LogP contribution in [0.25, 0.3) is 0 Å². The summed E-state index contributed by atoms with van der Waals surface area (Å²) in [7, 11) is -3.77. The van der Waals surface area contributed by atoms with Crippen LogP contribution in [-0.2, 0) is 21.4 Å². The van der Waals surface area contributed by atoms with Crippen LogP contribution in [0.2, 0.25) is 0 Å². The molecule has 3 heterocycles. The first-order valence-corrected chi connectivity index (χ1v) is 17.9. The molecule has 13 heteroatoms. The Balaban J connectivity index is 1.21. The molecule has 48 heavy (non-hydrogen) atoms. The molecular formula is C35H41F4N5O3S. The molecule has 4 atom stereocenters. The second-order valence-electron chi connectivity index (χ2n) is 13.7. The second-order valence-corrected chi connectivity index (χ2v) is 15.5. The molecule has 2 saturated heterocycles. The topological polar surface area (TPSA) is 94.6 Å². The van der Waals surface area contributed by atoms with Gasteiger partial charge in [0.1, 0.15) is 23.3 Å². The monoisotopic (exact) mass is 687 g/mol. The predicted molar refractivity (Wildman–Crippen MR) is 174 cm³/mol. The average molecular weight is 688 g/mol. The van der Waals surface area contributed by atoms with E-state index in [1.165, 1.54) is 30.5 Å². The number of hydrogen-bond donors (Lipinski definition) is 2. The molecule has 2 N–H and O–H groups in total. The van der Waals surface area contributed by atoms with Crippen LogP contribution in [0.4, 0.5) is 23.2 Å². The molecule has 1 aromatic heterocycles. The highest BCUT2D eigenvalue weighted by Gasteiger charge is 2.63. The molecule has 0 bridgehead atoms. The van der Waals surface area contributed by atoms with Crippen LogP contribution in [0, 0.1) is 35.1 Å². The number of rotatable bonds is 11. The van der Waals surface area contributed by atoms with E-state index >= 15 is 4.39 Å². The Morgan fingerprint density at radius 3 is 2.46 bits per heavy atom. The Labute approximate surface area is 279 Å². The molecule has 1 spiro atoms. The van der Waals surface area contributed by atoms with Gasteiger partial charge in [0.25, 0.3) is 10.2 Å². The van der Waals surface area contributed by atoms with E-state index in [2.05, 4.69) is 29.5 Å². The lowest BCUT2D eigenvalue weighted by atomic mass is 9.88. The summed E-state index contributed by atoms with van der Waals surface area (Å²) >= 11 is 0. The van der Waals surface area contributed by atoms with Crippen molar-refractivity contribution in [1.82, 2.24) is 18.9 Å². The van der Waals surface area contributed by atoms with E-state index in [0.717, 1.165) is 43.7 Å².